The first-order chi connectivity index (χ1) is 11.4. The predicted octanol–water partition coefficient (Wildman–Crippen LogP) is 0.710. The van der Waals surface area contributed by atoms with Crippen LogP contribution in [-0.2, 0) is 38.0 Å². The second kappa shape index (κ2) is 9.93. The molecule has 0 amide bonds. The van der Waals surface area contributed by atoms with Crippen LogP contribution in [0.1, 0.15) is 27.7 Å². The van der Waals surface area contributed by atoms with E-state index in [-0.39, 0.29) is 39.6 Å². The molecule has 1 aliphatic heterocycles. The average Bonchev–Trinajstić information content (AvgIpc) is 2.56. The van der Waals surface area contributed by atoms with Crippen LogP contribution >= 0.6 is 0 Å². The zero-order valence-corrected chi connectivity index (χ0v) is 14.9. The minimum absolute atomic E-state index is 0.0284. The summed E-state index contributed by atoms with van der Waals surface area (Å²) in [6.45, 7) is 8.18. The van der Waals surface area contributed by atoms with Crippen molar-refractivity contribution in [2.24, 2.45) is 0 Å². The van der Waals surface area contributed by atoms with Gasteiger partial charge < -0.3 is 28.4 Å². The highest BCUT2D eigenvalue weighted by atomic mass is 16.7. The molecule has 0 spiro atoms. The third-order valence-corrected chi connectivity index (χ3v) is 3.50. The number of carbonyl (C=O) groups excluding carboxylic acids is 2. The molecule has 0 aromatic heterocycles. The van der Waals surface area contributed by atoms with Gasteiger partial charge in [0.2, 0.25) is 0 Å². The van der Waals surface area contributed by atoms with E-state index in [1.807, 2.05) is 13.8 Å². The van der Waals surface area contributed by atoms with Crippen molar-refractivity contribution in [2.45, 2.75) is 38.9 Å². The van der Waals surface area contributed by atoms with Gasteiger partial charge in [-0.2, -0.15) is 0 Å². The molecule has 8 nitrogen and oxygen atoms in total. The summed E-state index contributed by atoms with van der Waals surface area (Å²) < 4.78 is 33.0. The molecule has 0 N–H and O–H groups in total. The third kappa shape index (κ3) is 6.72. The summed E-state index contributed by atoms with van der Waals surface area (Å²) in [5, 5.41) is 0. The number of carbonyl (C=O) groups is 2. The largest absolute Gasteiger partial charge is 0.463 e. The zero-order chi connectivity index (χ0) is 18.1. The van der Waals surface area contributed by atoms with Crippen molar-refractivity contribution in [1.29, 1.82) is 0 Å². The molecule has 0 bridgehead atoms. The van der Waals surface area contributed by atoms with Crippen LogP contribution in [0.5, 0.6) is 0 Å². The molecule has 1 aliphatic rings. The molecule has 1 saturated heterocycles. The van der Waals surface area contributed by atoms with E-state index in [1.165, 1.54) is 13.8 Å². The van der Waals surface area contributed by atoms with Gasteiger partial charge in [0.1, 0.15) is 24.4 Å². The van der Waals surface area contributed by atoms with E-state index in [2.05, 4.69) is 0 Å². The monoisotopic (exact) mass is 348 g/mol. The van der Waals surface area contributed by atoms with E-state index in [9.17, 15) is 9.59 Å². The van der Waals surface area contributed by atoms with Crippen LogP contribution in [0.2, 0.25) is 0 Å². The van der Waals surface area contributed by atoms with Gasteiger partial charge in [-0.3, -0.25) is 9.59 Å². The number of hydrogen-bond acceptors (Lipinski definition) is 8. The lowest BCUT2D eigenvalue weighted by molar-refractivity contribution is -0.279. The Morgan fingerprint density at radius 3 is 1.42 bits per heavy atom. The Morgan fingerprint density at radius 2 is 1.17 bits per heavy atom. The fourth-order valence-electron chi connectivity index (χ4n) is 2.11. The number of rotatable bonds is 10. The number of hydrogen-bond donors (Lipinski definition) is 0. The Labute approximate surface area is 142 Å². The molecule has 2 atom stereocenters. The molecule has 140 valence electrons. The van der Waals surface area contributed by atoms with Crippen molar-refractivity contribution in [1.82, 2.24) is 0 Å². The first kappa shape index (κ1) is 20.8. The summed E-state index contributed by atoms with van der Waals surface area (Å²) in [6.07, 6.45) is 0. The van der Waals surface area contributed by atoms with Crippen LogP contribution in [-0.4, -0.2) is 76.0 Å². The lowest BCUT2D eigenvalue weighted by Gasteiger charge is -2.45. The van der Waals surface area contributed by atoms with Crippen molar-refractivity contribution in [2.75, 3.05) is 52.9 Å². The van der Waals surface area contributed by atoms with Gasteiger partial charge in [0.15, 0.2) is 0 Å². The summed E-state index contributed by atoms with van der Waals surface area (Å²) >= 11 is 0. The number of esters is 2. The van der Waals surface area contributed by atoms with Gasteiger partial charge in [0, 0.05) is 27.1 Å². The molecule has 1 rings (SSSR count). The molecule has 24 heavy (non-hydrogen) atoms. The van der Waals surface area contributed by atoms with E-state index in [0.717, 1.165) is 0 Å². The van der Waals surface area contributed by atoms with Crippen LogP contribution in [0.15, 0.2) is 0 Å². The Balaban J connectivity index is 2.75. The van der Waals surface area contributed by atoms with Gasteiger partial charge >= 0.3 is 11.9 Å². The maximum absolute atomic E-state index is 11.1. The third-order valence-electron chi connectivity index (χ3n) is 3.50. The van der Waals surface area contributed by atoms with Crippen LogP contribution in [0.4, 0.5) is 0 Å². The van der Waals surface area contributed by atoms with Crippen molar-refractivity contribution in [3.8, 4) is 0 Å². The van der Waals surface area contributed by atoms with Gasteiger partial charge in [0.25, 0.3) is 0 Å². The minimum Gasteiger partial charge on any atom is -0.463 e. The molecule has 0 unspecified atom stereocenters. The second-order valence-corrected chi connectivity index (χ2v) is 5.78. The van der Waals surface area contributed by atoms with Gasteiger partial charge in [-0.05, 0) is 13.8 Å². The van der Waals surface area contributed by atoms with Gasteiger partial charge in [-0.1, -0.05) is 0 Å². The maximum Gasteiger partial charge on any atom is 0.302 e. The molecule has 0 radical (unpaired) electrons. The molecular formula is C16H28O8. The SMILES string of the molecule is CCOC[C@]1(COC(C)=O)CO[C@](COCC)(COC(C)=O)CO1. The standard InChI is InChI=1S/C16H28O8/c1-5-19-7-15(9-21-13(3)17)11-24-16(12-23-15,8-20-6-2)10-22-14(4)18/h5-12H2,1-4H3/t15-,16+. The van der Waals surface area contributed by atoms with Crippen molar-refractivity contribution < 1.29 is 38.0 Å². The highest BCUT2D eigenvalue weighted by Gasteiger charge is 2.47. The van der Waals surface area contributed by atoms with Gasteiger partial charge in [-0.15, -0.1) is 0 Å². The summed E-state index contributed by atoms with van der Waals surface area (Å²) in [4.78, 5) is 22.2. The molecule has 8 heteroatoms. The van der Waals surface area contributed by atoms with Crippen LogP contribution in [0.25, 0.3) is 0 Å². The van der Waals surface area contributed by atoms with Gasteiger partial charge in [0.05, 0.1) is 26.4 Å². The fourth-order valence-corrected chi connectivity index (χ4v) is 2.11. The molecule has 0 aliphatic carbocycles. The summed E-state index contributed by atoms with van der Waals surface area (Å²) in [6, 6.07) is 0. The summed E-state index contributed by atoms with van der Waals surface area (Å²) in [7, 11) is 0. The number of ether oxygens (including phenoxy) is 6. The van der Waals surface area contributed by atoms with Crippen molar-refractivity contribution in [3.63, 3.8) is 0 Å². The molecule has 1 heterocycles. The minimum atomic E-state index is -0.881. The Hall–Kier alpha value is -1.22. The van der Waals surface area contributed by atoms with Crippen molar-refractivity contribution >= 4 is 11.9 Å². The Bertz CT molecular complexity index is 363. The normalized spacial score (nSPS) is 26.8. The first-order valence-corrected chi connectivity index (χ1v) is 8.07. The zero-order valence-electron chi connectivity index (χ0n) is 14.9. The fraction of sp³-hybridized carbons (Fsp3) is 0.875. The van der Waals surface area contributed by atoms with Crippen LogP contribution < -0.4 is 0 Å². The Morgan fingerprint density at radius 1 is 0.792 bits per heavy atom. The molecular weight excluding hydrogens is 320 g/mol. The molecule has 0 aromatic rings. The predicted molar refractivity (Wildman–Crippen MR) is 83.6 cm³/mol. The first-order valence-electron chi connectivity index (χ1n) is 8.07. The topological polar surface area (TPSA) is 89.5 Å². The lowest BCUT2D eigenvalue weighted by atomic mass is 10.0. The Kier molecular flexibility index (Phi) is 8.61. The lowest BCUT2D eigenvalue weighted by Crippen LogP contribution is -2.61. The quantitative estimate of drug-likeness (QED) is 0.533. The second-order valence-electron chi connectivity index (χ2n) is 5.78. The van der Waals surface area contributed by atoms with E-state index < -0.39 is 23.1 Å². The van der Waals surface area contributed by atoms with E-state index >= 15 is 0 Å². The highest BCUT2D eigenvalue weighted by molar-refractivity contribution is 5.66. The van der Waals surface area contributed by atoms with Crippen molar-refractivity contribution in [3.05, 3.63) is 0 Å². The van der Waals surface area contributed by atoms with E-state index in [1.54, 1.807) is 0 Å². The molecule has 0 saturated carbocycles. The van der Waals surface area contributed by atoms with Crippen LogP contribution in [0, 0.1) is 0 Å². The molecule has 1 fully saturated rings. The average molecular weight is 348 g/mol. The van der Waals surface area contributed by atoms with E-state index in [4.69, 9.17) is 28.4 Å². The smallest absolute Gasteiger partial charge is 0.302 e. The van der Waals surface area contributed by atoms with E-state index in [0.29, 0.717) is 13.2 Å². The van der Waals surface area contributed by atoms with Crippen LogP contribution in [0.3, 0.4) is 0 Å². The highest BCUT2D eigenvalue weighted by Crippen LogP contribution is 2.28. The summed E-state index contributed by atoms with van der Waals surface area (Å²) in [5.41, 5.74) is -1.76. The maximum atomic E-state index is 11.1. The molecule has 0 aromatic carbocycles. The summed E-state index contributed by atoms with van der Waals surface area (Å²) in [5.74, 6) is -0.805. The van der Waals surface area contributed by atoms with Gasteiger partial charge in [-0.25, -0.2) is 0 Å².